The molecule has 68 valence electrons. The lowest BCUT2D eigenvalue weighted by molar-refractivity contribution is 0.611. The molecule has 0 rings (SSSR count). The van der Waals surface area contributed by atoms with Crippen molar-refractivity contribution in [2.45, 2.75) is 59.3 Å². The molecule has 0 aliphatic carbocycles. The molecule has 0 saturated carbocycles. The molecule has 0 amide bonds. The SMILES string of the molecule is C.C=CCCCCCCCC. The second-order valence-corrected chi connectivity index (χ2v) is 2.85. The Labute approximate surface area is 72.7 Å². The van der Waals surface area contributed by atoms with Crippen molar-refractivity contribution in [2.24, 2.45) is 0 Å². The summed E-state index contributed by atoms with van der Waals surface area (Å²) in [4.78, 5) is 0. The molecular weight excluding hydrogens is 132 g/mol. The lowest BCUT2D eigenvalue weighted by atomic mass is 10.1. The standard InChI is InChI=1S/C10H20.CH4/c1-3-5-7-9-10-8-6-4-2;/h3H,1,4-10H2,2H3;1H4. The Morgan fingerprint density at radius 3 is 2.09 bits per heavy atom. The summed E-state index contributed by atoms with van der Waals surface area (Å²) in [7, 11) is 0. The molecule has 0 nitrogen and oxygen atoms in total. The minimum absolute atomic E-state index is 0. The van der Waals surface area contributed by atoms with Crippen LogP contribution in [-0.2, 0) is 0 Å². The van der Waals surface area contributed by atoms with Crippen molar-refractivity contribution < 1.29 is 0 Å². The highest BCUT2D eigenvalue weighted by atomic mass is 13.9. The summed E-state index contributed by atoms with van der Waals surface area (Å²) >= 11 is 0. The molecule has 11 heavy (non-hydrogen) atoms. The molecule has 0 aromatic carbocycles. The maximum Gasteiger partial charge on any atom is -0.0353 e. The summed E-state index contributed by atoms with van der Waals surface area (Å²) < 4.78 is 0. The van der Waals surface area contributed by atoms with E-state index in [1.807, 2.05) is 6.08 Å². The molecule has 0 aromatic rings. The molecule has 0 spiro atoms. The van der Waals surface area contributed by atoms with Crippen LogP contribution in [0.4, 0.5) is 0 Å². The Balaban J connectivity index is 0. The van der Waals surface area contributed by atoms with Crippen molar-refractivity contribution in [1.29, 1.82) is 0 Å². The Hall–Kier alpha value is -0.260. The van der Waals surface area contributed by atoms with E-state index in [9.17, 15) is 0 Å². The fourth-order valence-corrected chi connectivity index (χ4v) is 1.07. The normalized spacial score (nSPS) is 8.82. The van der Waals surface area contributed by atoms with E-state index in [1.165, 1.54) is 44.9 Å². The van der Waals surface area contributed by atoms with Gasteiger partial charge < -0.3 is 0 Å². The fraction of sp³-hybridized carbons (Fsp3) is 0.818. The van der Waals surface area contributed by atoms with Crippen LogP contribution in [0.1, 0.15) is 59.3 Å². The number of allylic oxidation sites excluding steroid dienone is 1. The molecule has 0 unspecified atom stereocenters. The first-order chi connectivity index (χ1) is 4.91. The minimum Gasteiger partial charge on any atom is -0.103 e. The molecule has 0 N–H and O–H groups in total. The van der Waals surface area contributed by atoms with E-state index in [0.29, 0.717) is 0 Å². The highest BCUT2D eigenvalue weighted by Crippen LogP contribution is 2.06. The first kappa shape index (κ1) is 13.3. The van der Waals surface area contributed by atoms with Gasteiger partial charge in [-0.05, 0) is 12.8 Å². The number of hydrogen-bond donors (Lipinski definition) is 0. The topological polar surface area (TPSA) is 0 Å². The summed E-state index contributed by atoms with van der Waals surface area (Å²) in [5, 5.41) is 0. The molecule has 0 aliphatic rings. The van der Waals surface area contributed by atoms with E-state index in [0.717, 1.165) is 0 Å². The maximum absolute atomic E-state index is 3.69. The number of rotatable bonds is 7. The van der Waals surface area contributed by atoms with Crippen LogP contribution in [0.25, 0.3) is 0 Å². The van der Waals surface area contributed by atoms with Gasteiger partial charge in [0.25, 0.3) is 0 Å². The van der Waals surface area contributed by atoms with Crippen molar-refractivity contribution in [2.75, 3.05) is 0 Å². The van der Waals surface area contributed by atoms with Gasteiger partial charge in [0.05, 0.1) is 0 Å². The summed E-state index contributed by atoms with van der Waals surface area (Å²) in [6.07, 6.45) is 11.6. The first-order valence-electron chi connectivity index (χ1n) is 4.52. The molecule has 0 atom stereocenters. The van der Waals surface area contributed by atoms with E-state index < -0.39 is 0 Å². The van der Waals surface area contributed by atoms with Crippen LogP contribution in [0.2, 0.25) is 0 Å². The van der Waals surface area contributed by atoms with Crippen LogP contribution in [0.15, 0.2) is 12.7 Å². The van der Waals surface area contributed by atoms with Crippen LogP contribution in [0.5, 0.6) is 0 Å². The Morgan fingerprint density at radius 1 is 1.00 bits per heavy atom. The lowest BCUT2D eigenvalue weighted by Gasteiger charge is -1.96. The van der Waals surface area contributed by atoms with Gasteiger partial charge >= 0.3 is 0 Å². The molecule has 0 radical (unpaired) electrons. The second-order valence-electron chi connectivity index (χ2n) is 2.85. The quantitative estimate of drug-likeness (QED) is 0.374. The van der Waals surface area contributed by atoms with Gasteiger partial charge in [-0.2, -0.15) is 0 Å². The predicted octanol–water partition coefficient (Wildman–Crippen LogP) is 4.56. The van der Waals surface area contributed by atoms with Gasteiger partial charge in [0, 0.05) is 0 Å². The van der Waals surface area contributed by atoms with E-state index >= 15 is 0 Å². The maximum atomic E-state index is 3.69. The number of hydrogen-bond acceptors (Lipinski definition) is 0. The third kappa shape index (κ3) is 12.8. The Bertz CT molecular complexity index is 64.4. The third-order valence-corrected chi connectivity index (χ3v) is 1.76. The molecule has 0 heterocycles. The van der Waals surface area contributed by atoms with Crippen LogP contribution in [-0.4, -0.2) is 0 Å². The van der Waals surface area contributed by atoms with Gasteiger partial charge in [0.1, 0.15) is 0 Å². The van der Waals surface area contributed by atoms with Gasteiger partial charge in [0.2, 0.25) is 0 Å². The van der Waals surface area contributed by atoms with Crippen molar-refractivity contribution in [3.63, 3.8) is 0 Å². The van der Waals surface area contributed by atoms with Gasteiger partial charge in [-0.1, -0.05) is 52.5 Å². The summed E-state index contributed by atoms with van der Waals surface area (Å²) in [6.45, 7) is 5.95. The van der Waals surface area contributed by atoms with E-state index in [-0.39, 0.29) is 7.43 Å². The van der Waals surface area contributed by atoms with Gasteiger partial charge in [-0.3, -0.25) is 0 Å². The molecule has 0 heteroatoms. The van der Waals surface area contributed by atoms with Crippen molar-refractivity contribution >= 4 is 0 Å². The zero-order valence-electron chi connectivity index (χ0n) is 7.23. The molecule has 0 aliphatic heterocycles. The predicted molar refractivity (Wildman–Crippen MR) is 54.9 cm³/mol. The molecule has 0 saturated heterocycles. The van der Waals surface area contributed by atoms with Crippen LogP contribution in [0.3, 0.4) is 0 Å². The highest BCUT2D eigenvalue weighted by Gasteiger charge is 1.86. The van der Waals surface area contributed by atoms with Crippen LogP contribution >= 0.6 is 0 Å². The minimum atomic E-state index is 0. The van der Waals surface area contributed by atoms with E-state index in [2.05, 4.69) is 13.5 Å². The van der Waals surface area contributed by atoms with Crippen molar-refractivity contribution in [3.8, 4) is 0 Å². The Kier molecular flexibility index (Phi) is 15.1. The van der Waals surface area contributed by atoms with Gasteiger partial charge in [-0.15, -0.1) is 6.58 Å². The second kappa shape index (κ2) is 12.4. The molecule has 0 aromatic heterocycles. The third-order valence-electron chi connectivity index (χ3n) is 1.76. The largest absolute Gasteiger partial charge is 0.103 e. The van der Waals surface area contributed by atoms with Crippen LogP contribution < -0.4 is 0 Å². The summed E-state index contributed by atoms with van der Waals surface area (Å²) in [5.74, 6) is 0. The fourth-order valence-electron chi connectivity index (χ4n) is 1.07. The smallest absolute Gasteiger partial charge is 0.0353 e. The summed E-state index contributed by atoms with van der Waals surface area (Å²) in [6, 6.07) is 0. The average Bonchev–Trinajstić information content (AvgIpc) is 1.97. The van der Waals surface area contributed by atoms with Crippen LogP contribution in [0, 0.1) is 0 Å². The average molecular weight is 156 g/mol. The highest BCUT2D eigenvalue weighted by molar-refractivity contribution is 4.65. The lowest BCUT2D eigenvalue weighted by Crippen LogP contribution is -1.76. The molecular formula is C11H24. The molecule has 0 fully saturated rings. The van der Waals surface area contributed by atoms with Crippen molar-refractivity contribution in [3.05, 3.63) is 12.7 Å². The van der Waals surface area contributed by atoms with E-state index in [4.69, 9.17) is 0 Å². The van der Waals surface area contributed by atoms with E-state index in [1.54, 1.807) is 0 Å². The molecule has 0 bridgehead atoms. The van der Waals surface area contributed by atoms with Crippen molar-refractivity contribution in [1.82, 2.24) is 0 Å². The van der Waals surface area contributed by atoms with Gasteiger partial charge in [-0.25, -0.2) is 0 Å². The number of unbranched alkanes of at least 4 members (excludes halogenated alkanes) is 6. The summed E-state index contributed by atoms with van der Waals surface area (Å²) in [5.41, 5.74) is 0. The van der Waals surface area contributed by atoms with Gasteiger partial charge in [0.15, 0.2) is 0 Å². The first-order valence-corrected chi connectivity index (χ1v) is 4.52. The zero-order valence-corrected chi connectivity index (χ0v) is 7.23. The monoisotopic (exact) mass is 156 g/mol. The zero-order chi connectivity index (χ0) is 7.66. The Morgan fingerprint density at radius 2 is 1.55 bits per heavy atom.